The summed E-state index contributed by atoms with van der Waals surface area (Å²) >= 11 is 0. The monoisotopic (exact) mass is 182 g/mol. The quantitative estimate of drug-likeness (QED) is 0.676. The molecule has 0 spiro atoms. The van der Waals surface area contributed by atoms with Crippen LogP contribution in [0.25, 0.3) is 0 Å². The summed E-state index contributed by atoms with van der Waals surface area (Å²) in [6, 6.07) is 0. The third kappa shape index (κ3) is 3.59. The molecule has 3 heteroatoms. The summed E-state index contributed by atoms with van der Waals surface area (Å²) in [4.78, 5) is 6.51. The lowest BCUT2D eigenvalue weighted by atomic mass is 10.3. The van der Waals surface area contributed by atoms with Gasteiger partial charge in [-0.1, -0.05) is 13.8 Å². The highest BCUT2D eigenvalue weighted by atomic mass is 16.3. The number of aromatic nitrogens is 1. The molecule has 0 aliphatic carbocycles. The van der Waals surface area contributed by atoms with Gasteiger partial charge in [0.05, 0.1) is 5.69 Å². The molecule has 74 valence electrons. The molecule has 0 fully saturated rings. The van der Waals surface area contributed by atoms with Crippen molar-refractivity contribution in [1.82, 2.24) is 9.88 Å². The summed E-state index contributed by atoms with van der Waals surface area (Å²) in [5, 5.41) is 0. The fourth-order valence-electron chi connectivity index (χ4n) is 1.45. The summed E-state index contributed by atoms with van der Waals surface area (Å²) in [7, 11) is 0. The molecule has 0 radical (unpaired) electrons. The first-order chi connectivity index (χ1) is 6.36. The topological polar surface area (TPSA) is 29.3 Å². The van der Waals surface area contributed by atoms with E-state index in [0.29, 0.717) is 0 Å². The van der Waals surface area contributed by atoms with E-state index in [1.165, 1.54) is 19.2 Å². The van der Waals surface area contributed by atoms with Crippen LogP contribution in [0.3, 0.4) is 0 Å². The summed E-state index contributed by atoms with van der Waals surface area (Å²) in [6.45, 7) is 7.59. The fraction of sp³-hybridized carbons (Fsp3) is 0.700. The summed E-state index contributed by atoms with van der Waals surface area (Å²) in [5.41, 5.74) is 1.03. The Morgan fingerprint density at radius 2 is 2.00 bits per heavy atom. The summed E-state index contributed by atoms with van der Waals surface area (Å²) in [5.74, 6) is 0. The molecule has 0 saturated carbocycles. The number of rotatable bonds is 6. The minimum Gasteiger partial charge on any atom is -0.451 e. The second-order valence-electron chi connectivity index (χ2n) is 3.26. The Morgan fingerprint density at radius 3 is 2.46 bits per heavy atom. The van der Waals surface area contributed by atoms with Gasteiger partial charge in [0, 0.05) is 6.54 Å². The van der Waals surface area contributed by atoms with Crippen molar-refractivity contribution in [3.63, 3.8) is 0 Å². The van der Waals surface area contributed by atoms with Gasteiger partial charge in [0.2, 0.25) is 0 Å². The van der Waals surface area contributed by atoms with E-state index in [1.54, 1.807) is 6.26 Å². The molecule has 0 aliphatic heterocycles. The molecule has 1 aromatic rings. The molecule has 1 rings (SSSR count). The molecule has 1 heterocycles. The van der Waals surface area contributed by atoms with Crippen LogP contribution in [0, 0.1) is 0 Å². The summed E-state index contributed by atoms with van der Waals surface area (Å²) < 4.78 is 4.93. The van der Waals surface area contributed by atoms with Crippen LogP contribution in [-0.4, -0.2) is 23.0 Å². The third-order valence-corrected chi connectivity index (χ3v) is 1.95. The molecular formula is C10H18N2O. The second-order valence-corrected chi connectivity index (χ2v) is 3.26. The van der Waals surface area contributed by atoms with Crippen LogP contribution in [0.2, 0.25) is 0 Å². The maximum Gasteiger partial charge on any atom is 0.180 e. The van der Waals surface area contributed by atoms with Crippen LogP contribution in [0.4, 0.5) is 0 Å². The third-order valence-electron chi connectivity index (χ3n) is 1.95. The molecule has 0 saturated heterocycles. The zero-order valence-electron chi connectivity index (χ0n) is 8.49. The van der Waals surface area contributed by atoms with E-state index < -0.39 is 0 Å². The minimum atomic E-state index is 0.915. The second kappa shape index (κ2) is 5.75. The predicted molar refractivity (Wildman–Crippen MR) is 52.4 cm³/mol. The lowest BCUT2D eigenvalue weighted by Crippen LogP contribution is -2.24. The van der Waals surface area contributed by atoms with Crippen LogP contribution < -0.4 is 0 Å². The maximum absolute atomic E-state index is 4.93. The maximum atomic E-state index is 4.93. The van der Waals surface area contributed by atoms with E-state index in [1.807, 2.05) is 0 Å². The Bertz CT molecular complexity index is 203. The van der Waals surface area contributed by atoms with Gasteiger partial charge in [0.1, 0.15) is 6.26 Å². The van der Waals surface area contributed by atoms with Gasteiger partial charge in [0.15, 0.2) is 6.39 Å². The van der Waals surface area contributed by atoms with Gasteiger partial charge >= 0.3 is 0 Å². The SMILES string of the molecule is CCCN(CCC)Cc1cocn1. The Labute approximate surface area is 79.8 Å². The molecule has 13 heavy (non-hydrogen) atoms. The van der Waals surface area contributed by atoms with Crippen molar-refractivity contribution in [2.75, 3.05) is 13.1 Å². The first-order valence-corrected chi connectivity index (χ1v) is 4.96. The first kappa shape index (κ1) is 10.3. The average Bonchev–Trinajstić information content (AvgIpc) is 2.58. The van der Waals surface area contributed by atoms with E-state index in [0.717, 1.165) is 25.3 Å². The van der Waals surface area contributed by atoms with Gasteiger partial charge in [-0.3, -0.25) is 4.90 Å². The van der Waals surface area contributed by atoms with E-state index >= 15 is 0 Å². The molecule has 0 atom stereocenters. The largest absolute Gasteiger partial charge is 0.451 e. The van der Waals surface area contributed by atoms with Crippen molar-refractivity contribution < 1.29 is 4.42 Å². The molecule has 0 bridgehead atoms. The molecule has 0 N–H and O–H groups in total. The Balaban J connectivity index is 2.37. The van der Waals surface area contributed by atoms with Crippen molar-refractivity contribution in [1.29, 1.82) is 0 Å². The lowest BCUT2D eigenvalue weighted by Gasteiger charge is -2.18. The van der Waals surface area contributed by atoms with E-state index in [2.05, 4.69) is 23.7 Å². The van der Waals surface area contributed by atoms with E-state index in [4.69, 9.17) is 4.42 Å². The molecule has 1 aromatic heterocycles. The van der Waals surface area contributed by atoms with Crippen LogP contribution in [0.1, 0.15) is 32.4 Å². The highest BCUT2D eigenvalue weighted by Gasteiger charge is 2.04. The lowest BCUT2D eigenvalue weighted by molar-refractivity contribution is 0.263. The first-order valence-electron chi connectivity index (χ1n) is 4.96. The molecule has 0 unspecified atom stereocenters. The van der Waals surface area contributed by atoms with Gasteiger partial charge in [-0.2, -0.15) is 0 Å². The van der Waals surface area contributed by atoms with Crippen molar-refractivity contribution in [2.45, 2.75) is 33.2 Å². The van der Waals surface area contributed by atoms with E-state index in [9.17, 15) is 0 Å². The number of oxazole rings is 1. The van der Waals surface area contributed by atoms with Crippen molar-refractivity contribution >= 4 is 0 Å². The van der Waals surface area contributed by atoms with Gasteiger partial charge in [0.25, 0.3) is 0 Å². The van der Waals surface area contributed by atoms with Gasteiger partial charge < -0.3 is 4.42 Å². The normalized spacial score (nSPS) is 11.0. The van der Waals surface area contributed by atoms with Crippen LogP contribution >= 0.6 is 0 Å². The fourth-order valence-corrected chi connectivity index (χ4v) is 1.45. The molecule has 0 aromatic carbocycles. The zero-order chi connectivity index (χ0) is 9.52. The minimum absolute atomic E-state index is 0.915. The summed E-state index contributed by atoms with van der Waals surface area (Å²) in [6.07, 6.45) is 5.60. The predicted octanol–water partition coefficient (Wildman–Crippen LogP) is 2.30. The average molecular weight is 182 g/mol. The zero-order valence-corrected chi connectivity index (χ0v) is 8.49. The molecule has 0 aliphatic rings. The van der Waals surface area contributed by atoms with Crippen molar-refractivity contribution in [2.24, 2.45) is 0 Å². The van der Waals surface area contributed by atoms with Crippen LogP contribution in [0.15, 0.2) is 17.1 Å². The van der Waals surface area contributed by atoms with Crippen LogP contribution in [-0.2, 0) is 6.54 Å². The van der Waals surface area contributed by atoms with Crippen molar-refractivity contribution in [3.05, 3.63) is 18.4 Å². The smallest absolute Gasteiger partial charge is 0.180 e. The van der Waals surface area contributed by atoms with Gasteiger partial charge in [-0.15, -0.1) is 0 Å². The Hall–Kier alpha value is -0.830. The Morgan fingerprint density at radius 1 is 1.31 bits per heavy atom. The van der Waals surface area contributed by atoms with Gasteiger partial charge in [-0.25, -0.2) is 4.98 Å². The van der Waals surface area contributed by atoms with E-state index in [-0.39, 0.29) is 0 Å². The number of hydrogen-bond acceptors (Lipinski definition) is 3. The highest BCUT2D eigenvalue weighted by molar-refractivity contribution is 4.90. The van der Waals surface area contributed by atoms with Crippen LogP contribution in [0.5, 0.6) is 0 Å². The Kier molecular flexibility index (Phi) is 4.54. The standard InChI is InChI=1S/C10H18N2O/c1-3-5-12(6-4-2)7-10-8-13-9-11-10/h8-9H,3-7H2,1-2H3. The molecule has 3 nitrogen and oxygen atoms in total. The molecule has 0 amide bonds. The number of nitrogens with zero attached hydrogens (tertiary/aromatic N) is 2. The van der Waals surface area contributed by atoms with Gasteiger partial charge in [-0.05, 0) is 25.9 Å². The molecular weight excluding hydrogens is 164 g/mol. The number of hydrogen-bond donors (Lipinski definition) is 0. The highest BCUT2D eigenvalue weighted by Crippen LogP contribution is 2.03. The van der Waals surface area contributed by atoms with Crippen molar-refractivity contribution in [3.8, 4) is 0 Å².